The lowest BCUT2D eigenvalue weighted by Gasteiger charge is -2.14. The second-order valence-electron chi connectivity index (χ2n) is 8.62. The van der Waals surface area contributed by atoms with Crippen LogP contribution in [0.25, 0.3) is 16.5 Å². The molecule has 4 aromatic carbocycles. The predicted molar refractivity (Wildman–Crippen MR) is 147 cm³/mol. The number of aromatic nitrogens is 3. The Bertz CT molecular complexity index is 1560. The third-order valence-corrected chi connectivity index (χ3v) is 7.36. The molecule has 5 aromatic rings. The Kier molecular flexibility index (Phi) is 7.07. The minimum atomic E-state index is -0.160. The number of halogens is 1. The van der Waals surface area contributed by atoms with Crippen molar-refractivity contribution in [3.8, 4) is 5.69 Å². The molecule has 0 unspecified atom stereocenters. The summed E-state index contributed by atoms with van der Waals surface area (Å²) in [6.07, 6.45) is 0. The summed E-state index contributed by atoms with van der Waals surface area (Å²) < 4.78 is 1.99. The van der Waals surface area contributed by atoms with E-state index in [1.807, 2.05) is 84.3 Å². The molecule has 0 saturated heterocycles. The molecule has 1 N–H and O–H groups in total. The van der Waals surface area contributed by atoms with Gasteiger partial charge in [0.15, 0.2) is 11.0 Å². The Balaban J connectivity index is 1.42. The number of amides is 1. The molecule has 0 aliphatic carbocycles. The summed E-state index contributed by atoms with van der Waals surface area (Å²) in [5.74, 6) is 1.24. The van der Waals surface area contributed by atoms with Crippen molar-refractivity contribution >= 4 is 40.0 Å². The van der Waals surface area contributed by atoms with Crippen LogP contribution in [-0.4, -0.2) is 20.7 Å². The minimum Gasteiger partial charge on any atom is -0.345 e. The number of rotatable bonds is 7. The molecule has 0 bridgehead atoms. The molecule has 0 saturated carbocycles. The van der Waals surface area contributed by atoms with Gasteiger partial charge in [-0.2, -0.15) is 0 Å². The predicted octanol–water partition coefficient (Wildman–Crippen LogP) is 6.91. The SMILES string of the molecule is Cc1ccccc1CSc1nnc(CNC(=O)c2ccc3ccccc3c2)n1-c1cc(Cl)ccc1C. The molecule has 0 aliphatic rings. The van der Waals surface area contributed by atoms with Gasteiger partial charge in [0.2, 0.25) is 0 Å². The second-order valence-corrected chi connectivity index (χ2v) is 10.0. The molecule has 7 heteroatoms. The molecular weight excluding hydrogens is 488 g/mol. The summed E-state index contributed by atoms with van der Waals surface area (Å²) >= 11 is 7.97. The van der Waals surface area contributed by atoms with Crippen molar-refractivity contribution in [3.63, 3.8) is 0 Å². The molecule has 0 fully saturated rings. The van der Waals surface area contributed by atoms with E-state index in [9.17, 15) is 4.79 Å². The van der Waals surface area contributed by atoms with Gasteiger partial charge in [-0.15, -0.1) is 10.2 Å². The molecule has 0 radical (unpaired) electrons. The van der Waals surface area contributed by atoms with Crippen LogP contribution < -0.4 is 5.32 Å². The normalized spacial score (nSPS) is 11.1. The summed E-state index contributed by atoms with van der Waals surface area (Å²) in [7, 11) is 0. The van der Waals surface area contributed by atoms with Crippen LogP contribution in [0.4, 0.5) is 0 Å². The summed E-state index contributed by atoms with van der Waals surface area (Å²) in [5, 5.41) is 15.4. The topological polar surface area (TPSA) is 59.8 Å². The van der Waals surface area contributed by atoms with E-state index in [-0.39, 0.29) is 12.5 Å². The van der Waals surface area contributed by atoms with Crippen LogP contribution in [0.1, 0.15) is 32.9 Å². The molecule has 0 spiro atoms. The van der Waals surface area contributed by atoms with E-state index in [0.29, 0.717) is 16.4 Å². The number of nitrogens with zero attached hydrogens (tertiary/aromatic N) is 3. The number of carbonyl (C=O) groups is 1. The number of thioether (sulfide) groups is 1. The van der Waals surface area contributed by atoms with Crippen molar-refractivity contribution in [1.82, 2.24) is 20.1 Å². The molecule has 5 nitrogen and oxygen atoms in total. The van der Waals surface area contributed by atoms with Gasteiger partial charge in [0, 0.05) is 16.3 Å². The third-order valence-electron chi connectivity index (χ3n) is 6.15. The van der Waals surface area contributed by atoms with E-state index in [1.54, 1.807) is 11.8 Å². The number of hydrogen-bond donors (Lipinski definition) is 1. The van der Waals surface area contributed by atoms with Crippen LogP contribution in [0.2, 0.25) is 5.02 Å². The average Bonchev–Trinajstić information content (AvgIpc) is 3.30. The highest BCUT2D eigenvalue weighted by Crippen LogP contribution is 2.29. The third kappa shape index (κ3) is 5.15. The number of carbonyl (C=O) groups excluding carboxylic acids is 1. The lowest BCUT2D eigenvalue weighted by Crippen LogP contribution is -2.24. The van der Waals surface area contributed by atoms with Crippen LogP contribution in [0.5, 0.6) is 0 Å². The van der Waals surface area contributed by atoms with Gasteiger partial charge >= 0.3 is 0 Å². The number of fused-ring (bicyclic) bond motifs is 1. The molecule has 1 amide bonds. The van der Waals surface area contributed by atoms with Crippen molar-refractivity contribution in [3.05, 3.63) is 118 Å². The number of benzene rings is 4. The monoisotopic (exact) mass is 512 g/mol. The van der Waals surface area contributed by atoms with Crippen molar-refractivity contribution in [2.45, 2.75) is 31.3 Å². The standard InChI is InChI=1S/C29H25ClN4OS/c1-19-7-3-4-10-24(19)18-36-29-33-32-27(34(29)26-16-25(30)14-11-20(26)2)17-31-28(35)23-13-12-21-8-5-6-9-22(21)15-23/h3-16H,17-18H2,1-2H3,(H,31,35). The van der Waals surface area contributed by atoms with E-state index >= 15 is 0 Å². The smallest absolute Gasteiger partial charge is 0.251 e. The maximum absolute atomic E-state index is 13.0. The number of aryl methyl sites for hydroxylation is 2. The molecule has 0 aliphatic heterocycles. The maximum Gasteiger partial charge on any atom is 0.251 e. The van der Waals surface area contributed by atoms with E-state index in [0.717, 1.165) is 32.9 Å². The van der Waals surface area contributed by atoms with Crippen molar-refractivity contribution in [1.29, 1.82) is 0 Å². The van der Waals surface area contributed by atoms with Gasteiger partial charge in [-0.05, 0) is 65.6 Å². The van der Waals surface area contributed by atoms with Gasteiger partial charge in [-0.3, -0.25) is 9.36 Å². The van der Waals surface area contributed by atoms with E-state index in [4.69, 9.17) is 11.6 Å². The fraction of sp³-hybridized carbons (Fsp3) is 0.138. The van der Waals surface area contributed by atoms with Gasteiger partial charge < -0.3 is 5.32 Å². The lowest BCUT2D eigenvalue weighted by molar-refractivity contribution is 0.0950. The zero-order valence-electron chi connectivity index (χ0n) is 20.0. The highest BCUT2D eigenvalue weighted by Gasteiger charge is 2.18. The number of nitrogens with one attached hydrogen (secondary N) is 1. The fourth-order valence-corrected chi connectivity index (χ4v) is 5.29. The highest BCUT2D eigenvalue weighted by atomic mass is 35.5. The van der Waals surface area contributed by atoms with Crippen LogP contribution >= 0.6 is 23.4 Å². The molecular formula is C29H25ClN4OS. The van der Waals surface area contributed by atoms with Crippen molar-refractivity contribution in [2.75, 3.05) is 0 Å². The van der Waals surface area contributed by atoms with Crippen molar-refractivity contribution in [2.24, 2.45) is 0 Å². The number of hydrogen-bond acceptors (Lipinski definition) is 4. The van der Waals surface area contributed by atoms with Crippen LogP contribution in [0, 0.1) is 13.8 Å². The molecule has 5 rings (SSSR count). The average molecular weight is 513 g/mol. The van der Waals surface area contributed by atoms with Gasteiger partial charge in [0.05, 0.1) is 12.2 Å². The quantitative estimate of drug-likeness (QED) is 0.241. The molecule has 1 heterocycles. The molecule has 1 aromatic heterocycles. The van der Waals surface area contributed by atoms with Gasteiger partial charge in [0.1, 0.15) is 0 Å². The Morgan fingerprint density at radius 3 is 2.50 bits per heavy atom. The summed E-state index contributed by atoms with van der Waals surface area (Å²) in [5.41, 5.74) is 5.02. The van der Waals surface area contributed by atoms with E-state index < -0.39 is 0 Å². The first-order valence-corrected chi connectivity index (χ1v) is 13.0. The first-order chi connectivity index (χ1) is 17.5. The fourth-order valence-electron chi connectivity index (χ4n) is 4.08. The molecule has 36 heavy (non-hydrogen) atoms. The highest BCUT2D eigenvalue weighted by molar-refractivity contribution is 7.98. The van der Waals surface area contributed by atoms with E-state index in [1.165, 1.54) is 11.1 Å². The van der Waals surface area contributed by atoms with E-state index in [2.05, 4.69) is 34.6 Å². The van der Waals surface area contributed by atoms with Crippen LogP contribution in [0.3, 0.4) is 0 Å². The Hall–Kier alpha value is -3.61. The first-order valence-electron chi connectivity index (χ1n) is 11.6. The summed E-state index contributed by atoms with van der Waals surface area (Å²) in [6.45, 7) is 4.36. The minimum absolute atomic E-state index is 0.160. The van der Waals surface area contributed by atoms with Crippen molar-refractivity contribution < 1.29 is 4.79 Å². The Labute approximate surface area is 219 Å². The summed E-state index contributed by atoms with van der Waals surface area (Å²) in [6, 6.07) is 27.8. The summed E-state index contributed by atoms with van der Waals surface area (Å²) in [4.78, 5) is 13.0. The second kappa shape index (κ2) is 10.6. The Morgan fingerprint density at radius 2 is 1.67 bits per heavy atom. The van der Waals surface area contributed by atoms with Crippen LogP contribution in [0.15, 0.2) is 90.1 Å². The Morgan fingerprint density at radius 1 is 0.889 bits per heavy atom. The molecule has 0 atom stereocenters. The maximum atomic E-state index is 13.0. The van der Waals surface area contributed by atoms with Crippen LogP contribution in [-0.2, 0) is 12.3 Å². The lowest BCUT2D eigenvalue weighted by atomic mass is 10.1. The first kappa shape index (κ1) is 24.1. The zero-order chi connectivity index (χ0) is 25.1. The van der Waals surface area contributed by atoms with Gasteiger partial charge in [-0.1, -0.05) is 84.0 Å². The largest absolute Gasteiger partial charge is 0.345 e. The van der Waals surface area contributed by atoms with Gasteiger partial charge in [0.25, 0.3) is 5.91 Å². The van der Waals surface area contributed by atoms with Gasteiger partial charge in [-0.25, -0.2) is 0 Å². The molecule has 180 valence electrons. The zero-order valence-corrected chi connectivity index (χ0v) is 21.6.